The number of hydrogen-bond acceptors (Lipinski definition) is 2. The zero-order chi connectivity index (χ0) is 41.6. The molecular formula is C60H43NO. The summed E-state index contributed by atoms with van der Waals surface area (Å²) < 4.78 is 6.58. The van der Waals surface area contributed by atoms with Crippen molar-refractivity contribution in [3.8, 4) is 33.4 Å². The van der Waals surface area contributed by atoms with Gasteiger partial charge in [-0.1, -0.05) is 164 Å². The Morgan fingerprint density at radius 1 is 0.435 bits per heavy atom. The molecule has 1 heterocycles. The van der Waals surface area contributed by atoms with Gasteiger partial charge in [0.15, 0.2) is 0 Å². The minimum atomic E-state index is 0.179. The number of furan rings is 1. The predicted molar refractivity (Wildman–Crippen MR) is 265 cm³/mol. The molecule has 0 saturated heterocycles. The minimum absolute atomic E-state index is 0.179. The molecule has 1 unspecified atom stereocenters. The van der Waals surface area contributed by atoms with Gasteiger partial charge < -0.3 is 9.32 Å². The van der Waals surface area contributed by atoms with Crippen LogP contribution < -0.4 is 4.90 Å². The monoisotopic (exact) mass is 793 g/mol. The van der Waals surface area contributed by atoms with Crippen molar-refractivity contribution >= 4 is 71.3 Å². The van der Waals surface area contributed by atoms with E-state index in [4.69, 9.17) is 4.42 Å². The van der Waals surface area contributed by atoms with Crippen molar-refractivity contribution in [2.75, 3.05) is 4.90 Å². The Hall–Kier alpha value is -7.94. The number of para-hydroxylation sites is 1. The van der Waals surface area contributed by atoms with Crippen LogP contribution >= 0.6 is 0 Å². The van der Waals surface area contributed by atoms with Gasteiger partial charge >= 0.3 is 0 Å². The summed E-state index contributed by atoms with van der Waals surface area (Å²) in [4.78, 5) is 2.41. The molecule has 0 radical (unpaired) electrons. The molecule has 0 aliphatic rings. The molecule has 0 saturated carbocycles. The molecule has 2 heteroatoms. The van der Waals surface area contributed by atoms with Crippen LogP contribution in [-0.4, -0.2) is 0 Å². The quantitative estimate of drug-likeness (QED) is 0.101. The van der Waals surface area contributed by atoms with Gasteiger partial charge in [0.1, 0.15) is 11.2 Å². The number of allylic oxidation sites excluding steroid dienone is 2. The Morgan fingerprint density at radius 3 is 1.94 bits per heavy atom. The number of nitrogens with zero attached hydrogens (tertiary/aromatic N) is 1. The molecule has 0 N–H and O–H groups in total. The molecule has 2 nitrogen and oxygen atoms in total. The van der Waals surface area contributed by atoms with Crippen LogP contribution in [0.15, 0.2) is 236 Å². The van der Waals surface area contributed by atoms with Crippen molar-refractivity contribution in [1.29, 1.82) is 0 Å². The van der Waals surface area contributed by atoms with Crippen LogP contribution in [0.25, 0.3) is 87.6 Å². The van der Waals surface area contributed by atoms with Crippen LogP contribution in [0.1, 0.15) is 17.9 Å². The second-order valence-electron chi connectivity index (χ2n) is 16.1. The summed E-state index contributed by atoms with van der Waals surface area (Å²) >= 11 is 0. The van der Waals surface area contributed by atoms with Gasteiger partial charge in [-0.25, -0.2) is 0 Å². The molecule has 11 rings (SSSR count). The molecule has 11 aromatic rings. The van der Waals surface area contributed by atoms with Gasteiger partial charge in [0.25, 0.3) is 0 Å². The van der Waals surface area contributed by atoms with Crippen LogP contribution in [-0.2, 0) is 0 Å². The maximum Gasteiger partial charge on any atom is 0.136 e. The fourth-order valence-electron chi connectivity index (χ4n) is 9.46. The summed E-state index contributed by atoms with van der Waals surface area (Å²) in [6, 6.07) is 74.7. The van der Waals surface area contributed by atoms with Gasteiger partial charge in [0, 0.05) is 33.6 Å². The van der Waals surface area contributed by atoms with E-state index in [1.165, 1.54) is 49.0 Å². The van der Waals surface area contributed by atoms with E-state index in [1.54, 1.807) is 0 Å². The van der Waals surface area contributed by atoms with Gasteiger partial charge in [-0.2, -0.15) is 0 Å². The maximum absolute atomic E-state index is 6.58. The molecular weight excluding hydrogens is 751 g/mol. The Labute approximate surface area is 361 Å². The van der Waals surface area contributed by atoms with Gasteiger partial charge in [0.2, 0.25) is 0 Å². The average Bonchev–Trinajstić information content (AvgIpc) is 3.70. The first kappa shape index (κ1) is 37.1. The second-order valence-corrected chi connectivity index (χ2v) is 16.1. The smallest absolute Gasteiger partial charge is 0.136 e. The Bertz CT molecular complexity index is 3480. The fourth-order valence-corrected chi connectivity index (χ4v) is 9.46. The molecule has 1 atom stereocenters. The van der Waals surface area contributed by atoms with E-state index < -0.39 is 0 Å². The highest BCUT2D eigenvalue weighted by Gasteiger charge is 2.22. The van der Waals surface area contributed by atoms with Crippen molar-refractivity contribution in [2.24, 2.45) is 0 Å². The van der Waals surface area contributed by atoms with E-state index in [9.17, 15) is 0 Å². The summed E-state index contributed by atoms with van der Waals surface area (Å²) in [5.74, 6) is 0.179. The van der Waals surface area contributed by atoms with Crippen LogP contribution in [0.3, 0.4) is 0 Å². The van der Waals surface area contributed by atoms with Gasteiger partial charge in [0.05, 0.1) is 5.69 Å². The molecule has 1 aromatic heterocycles. The highest BCUT2D eigenvalue weighted by Crippen LogP contribution is 2.46. The van der Waals surface area contributed by atoms with Crippen molar-refractivity contribution in [2.45, 2.75) is 12.3 Å². The van der Waals surface area contributed by atoms with E-state index in [0.29, 0.717) is 0 Å². The van der Waals surface area contributed by atoms with E-state index in [2.05, 4.69) is 224 Å². The van der Waals surface area contributed by atoms with E-state index in [1.807, 2.05) is 12.2 Å². The lowest BCUT2D eigenvalue weighted by Gasteiger charge is -2.28. The largest absolute Gasteiger partial charge is 0.456 e. The third kappa shape index (κ3) is 6.45. The molecule has 62 heavy (non-hydrogen) atoms. The van der Waals surface area contributed by atoms with Gasteiger partial charge in [-0.15, -0.1) is 13.2 Å². The summed E-state index contributed by atoms with van der Waals surface area (Å²) in [5.41, 5.74) is 13.2. The van der Waals surface area contributed by atoms with Crippen molar-refractivity contribution in [3.05, 3.63) is 237 Å². The molecule has 0 spiro atoms. The first-order valence-electron chi connectivity index (χ1n) is 21.3. The molecule has 0 amide bonds. The number of hydrogen-bond donors (Lipinski definition) is 0. The first-order chi connectivity index (χ1) is 30.6. The molecule has 294 valence electrons. The third-order valence-electron chi connectivity index (χ3n) is 12.5. The summed E-state index contributed by atoms with van der Waals surface area (Å²) in [6.07, 6.45) is 4.86. The lowest BCUT2D eigenvalue weighted by atomic mass is 9.86. The van der Waals surface area contributed by atoms with Gasteiger partial charge in [-0.3, -0.25) is 0 Å². The predicted octanol–water partition coefficient (Wildman–Crippen LogP) is 17.4. The highest BCUT2D eigenvalue weighted by molar-refractivity contribution is 6.17. The van der Waals surface area contributed by atoms with Crippen molar-refractivity contribution in [1.82, 2.24) is 0 Å². The van der Waals surface area contributed by atoms with Gasteiger partial charge in [-0.05, 0) is 127 Å². The lowest BCUT2D eigenvalue weighted by Crippen LogP contribution is -2.11. The number of anilines is 3. The normalized spacial score (nSPS) is 12.0. The topological polar surface area (TPSA) is 16.4 Å². The zero-order valence-corrected chi connectivity index (χ0v) is 34.3. The van der Waals surface area contributed by atoms with Crippen LogP contribution in [0.5, 0.6) is 0 Å². The standard InChI is InChI=1S/C60H43NO/c1-3-15-40(4-2)51-34-30-46(37-55(51)42-16-6-5-7-17-42)41-28-31-48(32-29-41)61(49-33-35-52-47(36-49)27-26-43-18-10-11-21-50(43)52)57-24-13-12-22-53(57)54-23-14-25-58-60(54)56-38-44-19-8-9-20-45(44)39-59(56)62-58/h3-14,16-40H,1-2,15H2. The Morgan fingerprint density at radius 2 is 1.11 bits per heavy atom. The Balaban J connectivity index is 1.08. The van der Waals surface area contributed by atoms with E-state index >= 15 is 0 Å². The first-order valence-corrected chi connectivity index (χ1v) is 21.3. The molecule has 0 fully saturated rings. The second kappa shape index (κ2) is 15.6. The van der Waals surface area contributed by atoms with Crippen LogP contribution in [0, 0.1) is 0 Å². The van der Waals surface area contributed by atoms with Crippen LogP contribution in [0.4, 0.5) is 17.1 Å². The number of benzene rings is 10. The summed E-state index contributed by atoms with van der Waals surface area (Å²) in [7, 11) is 0. The van der Waals surface area contributed by atoms with Crippen molar-refractivity contribution in [3.63, 3.8) is 0 Å². The fraction of sp³-hybridized carbons (Fsp3) is 0.0333. The lowest BCUT2D eigenvalue weighted by molar-refractivity contribution is 0.669. The Kier molecular flexibility index (Phi) is 9.32. The highest BCUT2D eigenvalue weighted by atomic mass is 16.3. The van der Waals surface area contributed by atoms with Crippen LogP contribution in [0.2, 0.25) is 0 Å². The number of rotatable bonds is 10. The molecule has 0 aliphatic heterocycles. The minimum Gasteiger partial charge on any atom is -0.456 e. The molecule has 10 aromatic carbocycles. The molecule has 0 bridgehead atoms. The van der Waals surface area contributed by atoms with Crippen molar-refractivity contribution < 1.29 is 4.42 Å². The third-order valence-corrected chi connectivity index (χ3v) is 12.5. The maximum atomic E-state index is 6.58. The van der Waals surface area contributed by atoms with E-state index in [-0.39, 0.29) is 5.92 Å². The molecule has 0 aliphatic carbocycles. The zero-order valence-electron chi connectivity index (χ0n) is 34.3. The SMILES string of the molecule is C=CCC(C=C)c1ccc(-c2ccc(N(c3ccc4c(ccc5ccccc54)c3)c3ccccc3-c3cccc4oc5cc6ccccc6cc5c34)cc2)cc1-c1ccccc1. The summed E-state index contributed by atoms with van der Waals surface area (Å²) in [5, 5.41) is 9.51. The summed E-state index contributed by atoms with van der Waals surface area (Å²) in [6.45, 7) is 8.22. The number of fused-ring (bicyclic) bond motifs is 7. The van der Waals surface area contributed by atoms with E-state index in [0.717, 1.165) is 67.7 Å². The average molecular weight is 794 g/mol.